The predicted octanol–water partition coefficient (Wildman–Crippen LogP) is 4.76. The van der Waals surface area contributed by atoms with Gasteiger partial charge < -0.3 is 0 Å². The van der Waals surface area contributed by atoms with E-state index in [1.165, 1.54) is 11.3 Å². The fourth-order valence-electron chi connectivity index (χ4n) is 1.54. The fourth-order valence-corrected chi connectivity index (χ4v) is 3.34. The topological polar surface area (TPSA) is 40.9 Å². The molecule has 0 spiro atoms. The van der Waals surface area contributed by atoms with Gasteiger partial charge in [-0.3, -0.25) is 4.79 Å². The molecular formula is C13H7Br2NOS. The van der Waals surface area contributed by atoms with Gasteiger partial charge >= 0.3 is 0 Å². The number of Topliss-reactive ketones (excluding diaryl/α,β-unsaturated/α-hetero) is 1. The minimum atomic E-state index is -0.756. The maximum absolute atomic E-state index is 12.3. The van der Waals surface area contributed by atoms with Crippen molar-refractivity contribution in [3.63, 3.8) is 0 Å². The van der Waals surface area contributed by atoms with Crippen molar-refractivity contribution >= 4 is 49.0 Å². The van der Waals surface area contributed by atoms with Crippen molar-refractivity contribution in [3.8, 4) is 6.07 Å². The Hall–Kier alpha value is -0.960. The highest BCUT2D eigenvalue weighted by molar-refractivity contribution is 9.10. The van der Waals surface area contributed by atoms with Crippen molar-refractivity contribution in [1.82, 2.24) is 0 Å². The van der Waals surface area contributed by atoms with E-state index in [4.69, 9.17) is 0 Å². The zero-order valence-electron chi connectivity index (χ0n) is 9.06. The molecule has 2 aromatic rings. The molecule has 2 nitrogen and oxygen atoms in total. The van der Waals surface area contributed by atoms with Gasteiger partial charge in [-0.15, -0.1) is 11.3 Å². The number of benzene rings is 1. The van der Waals surface area contributed by atoms with Gasteiger partial charge in [0.05, 0.1) is 10.9 Å². The molecule has 0 saturated carbocycles. The summed E-state index contributed by atoms with van der Waals surface area (Å²) in [6, 6.07) is 11.1. The molecule has 1 aromatic carbocycles. The molecule has 0 aliphatic heterocycles. The van der Waals surface area contributed by atoms with E-state index < -0.39 is 5.92 Å². The smallest absolute Gasteiger partial charge is 0.195 e. The van der Waals surface area contributed by atoms with Crippen LogP contribution in [0.5, 0.6) is 0 Å². The van der Waals surface area contributed by atoms with Crippen LogP contribution in [0, 0.1) is 11.3 Å². The maximum atomic E-state index is 12.3. The van der Waals surface area contributed by atoms with Crippen LogP contribution in [0.4, 0.5) is 0 Å². The lowest BCUT2D eigenvalue weighted by atomic mass is 9.95. The van der Waals surface area contributed by atoms with E-state index in [0.717, 1.165) is 8.95 Å². The summed E-state index contributed by atoms with van der Waals surface area (Å²) in [5, 5.41) is 11.0. The van der Waals surface area contributed by atoms with E-state index in [1.807, 2.05) is 23.6 Å². The zero-order valence-corrected chi connectivity index (χ0v) is 13.0. The normalized spacial score (nSPS) is 11.8. The summed E-state index contributed by atoms with van der Waals surface area (Å²) in [5.41, 5.74) is 0.714. The minimum absolute atomic E-state index is 0.165. The van der Waals surface area contributed by atoms with Gasteiger partial charge in [0.1, 0.15) is 5.92 Å². The van der Waals surface area contributed by atoms with E-state index in [1.54, 1.807) is 12.1 Å². The Balaban J connectivity index is 2.36. The molecule has 2 rings (SSSR count). The SMILES string of the molecule is N#CC(C(=O)c1sccc1Br)c1ccc(Br)cc1. The highest BCUT2D eigenvalue weighted by Gasteiger charge is 2.24. The third-order valence-corrected chi connectivity index (χ3v) is 4.82. The van der Waals surface area contributed by atoms with E-state index >= 15 is 0 Å². The first-order valence-electron chi connectivity index (χ1n) is 5.05. The molecule has 1 heterocycles. The summed E-state index contributed by atoms with van der Waals surface area (Å²) in [6.07, 6.45) is 0. The van der Waals surface area contributed by atoms with Gasteiger partial charge in [-0.1, -0.05) is 28.1 Å². The molecule has 0 aliphatic carbocycles. The van der Waals surface area contributed by atoms with Crippen LogP contribution in [0.2, 0.25) is 0 Å². The van der Waals surface area contributed by atoms with Gasteiger partial charge in [0.25, 0.3) is 0 Å². The van der Waals surface area contributed by atoms with Crippen molar-refractivity contribution in [2.75, 3.05) is 0 Å². The Kier molecular flexibility index (Phi) is 4.33. The molecule has 18 heavy (non-hydrogen) atoms. The standard InChI is InChI=1S/C13H7Br2NOS/c14-9-3-1-8(2-4-9)10(7-16)12(17)13-11(15)5-6-18-13/h1-6,10H. The molecule has 5 heteroatoms. The maximum Gasteiger partial charge on any atom is 0.195 e. The molecule has 1 aromatic heterocycles. The number of carbonyl (C=O) groups excluding carboxylic acids is 1. The summed E-state index contributed by atoms with van der Waals surface area (Å²) in [5.74, 6) is -0.922. The minimum Gasteiger partial charge on any atom is -0.291 e. The van der Waals surface area contributed by atoms with E-state index in [-0.39, 0.29) is 5.78 Å². The number of nitriles is 1. The highest BCUT2D eigenvalue weighted by Crippen LogP contribution is 2.29. The average molecular weight is 385 g/mol. The van der Waals surface area contributed by atoms with Crippen LogP contribution in [0.1, 0.15) is 21.2 Å². The number of hydrogen-bond donors (Lipinski definition) is 0. The number of carbonyl (C=O) groups is 1. The molecule has 0 bridgehead atoms. The lowest BCUT2D eigenvalue weighted by molar-refractivity contribution is 0.0982. The Morgan fingerprint density at radius 2 is 1.89 bits per heavy atom. The summed E-state index contributed by atoms with van der Waals surface area (Å²) in [4.78, 5) is 12.9. The molecular weight excluding hydrogens is 378 g/mol. The van der Waals surface area contributed by atoms with Crippen LogP contribution in [0.15, 0.2) is 44.7 Å². The summed E-state index contributed by atoms with van der Waals surface area (Å²) < 4.78 is 1.67. The lowest BCUT2D eigenvalue weighted by Gasteiger charge is -2.07. The van der Waals surface area contributed by atoms with Gasteiger partial charge in [-0.25, -0.2) is 0 Å². The number of thiophene rings is 1. The molecule has 0 saturated heterocycles. The van der Waals surface area contributed by atoms with Crippen molar-refractivity contribution < 1.29 is 4.79 Å². The predicted molar refractivity (Wildman–Crippen MR) is 78.8 cm³/mol. The fraction of sp³-hybridized carbons (Fsp3) is 0.0769. The first-order valence-corrected chi connectivity index (χ1v) is 7.52. The molecule has 0 aliphatic rings. The first-order chi connectivity index (χ1) is 8.63. The molecule has 1 unspecified atom stereocenters. The number of halogens is 2. The van der Waals surface area contributed by atoms with E-state index in [0.29, 0.717) is 10.4 Å². The molecule has 90 valence electrons. The van der Waals surface area contributed by atoms with Gasteiger partial charge in [-0.05, 0) is 45.1 Å². The number of nitrogens with zero attached hydrogens (tertiary/aromatic N) is 1. The Morgan fingerprint density at radius 1 is 1.22 bits per heavy atom. The molecule has 0 N–H and O–H groups in total. The molecule has 0 amide bonds. The Morgan fingerprint density at radius 3 is 2.39 bits per heavy atom. The molecule has 0 fully saturated rings. The largest absolute Gasteiger partial charge is 0.291 e. The van der Waals surface area contributed by atoms with Crippen molar-refractivity contribution in [1.29, 1.82) is 5.26 Å². The molecule has 0 radical (unpaired) electrons. The van der Waals surface area contributed by atoms with E-state index in [2.05, 4.69) is 37.9 Å². The van der Waals surface area contributed by atoms with Crippen molar-refractivity contribution in [3.05, 3.63) is 55.1 Å². The number of hydrogen-bond acceptors (Lipinski definition) is 3. The van der Waals surface area contributed by atoms with Gasteiger partial charge in [0, 0.05) is 8.95 Å². The quantitative estimate of drug-likeness (QED) is 0.715. The second-order valence-corrected chi connectivity index (χ2v) is 6.26. The summed E-state index contributed by atoms with van der Waals surface area (Å²) in [6.45, 7) is 0. The Bertz CT molecular complexity index is 613. The van der Waals surface area contributed by atoms with Gasteiger partial charge in [-0.2, -0.15) is 5.26 Å². The zero-order chi connectivity index (χ0) is 13.1. The summed E-state index contributed by atoms with van der Waals surface area (Å²) in [7, 11) is 0. The second kappa shape index (κ2) is 5.79. The molecule has 1 atom stereocenters. The third-order valence-electron chi connectivity index (χ3n) is 2.44. The monoisotopic (exact) mass is 383 g/mol. The highest BCUT2D eigenvalue weighted by atomic mass is 79.9. The first kappa shape index (κ1) is 13.5. The van der Waals surface area contributed by atoms with Crippen LogP contribution < -0.4 is 0 Å². The Labute approximate surface area is 126 Å². The van der Waals surface area contributed by atoms with Gasteiger partial charge in [0.2, 0.25) is 0 Å². The number of rotatable bonds is 3. The van der Waals surface area contributed by atoms with E-state index in [9.17, 15) is 10.1 Å². The van der Waals surface area contributed by atoms with Crippen LogP contribution in [-0.4, -0.2) is 5.78 Å². The average Bonchev–Trinajstić information content (AvgIpc) is 2.78. The van der Waals surface area contributed by atoms with Crippen molar-refractivity contribution in [2.24, 2.45) is 0 Å². The van der Waals surface area contributed by atoms with Crippen LogP contribution >= 0.6 is 43.2 Å². The van der Waals surface area contributed by atoms with Crippen LogP contribution in [0.25, 0.3) is 0 Å². The van der Waals surface area contributed by atoms with Crippen LogP contribution in [-0.2, 0) is 0 Å². The third kappa shape index (κ3) is 2.72. The number of ketones is 1. The van der Waals surface area contributed by atoms with Gasteiger partial charge in [0.15, 0.2) is 5.78 Å². The lowest BCUT2D eigenvalue weighted by Crippen LogP contribution is -2.10. The second-order valence-electron chi connectivity index (χ2n) is 3.58. The van der Waals surface area contributed by atoms with Crippen molar-refractivity contribution in [2.45, 2.75) is 5.92 Å². The summed E-state index contributed by atoms with van der Waals surface area (Å²) >= 11 is 7.99. The van der Waals surface area contributed by atoms with Crippen LogP contribution in [0.3, 0.4) is 0 Å².